The monoisotopic (exact) mass is 417 g/mol. The lowest BCUT2D eigenvalue weighted by Gasteiger charge is -2.33. The summed E-state index contributed by atoms with van der Waals surface area (Å²) in [5.41, 5.74) is -0.704. The van der Waals surface area contributed by atoms with Crippen LogP contribution in [0.15, 0.2) is 24.3 Å². The number of benzene rings is 1. The van der Waals surface area contributed by atoms with Gasteiger partial charge >= 0.3 is 12.0 Å². The van der Waals surface area contributed by atoms with Crippen LogP contribution in [0.4, 0.5) is 4.79 Å². The Morgan fingerprint density at radius 2 is 2.10 bits per heavy atom. The second-order valence-corrected chi connectivity index (χ2v) is 7.42. The first kappa shape index (κ1) is 20.1. The highest BCUT2D eigenvalue weighted by molar-refractivity contribution is 6.09. The van der Waals surface area contributed by atoms with Gasteiger partial charge in [0, 0.05) is 25.1 Å². The van der Waals surface area contributed by atoms with Crippen molar-refractivity contribution in [2.45, 2.75) is 30.9 Å². The molecule has 4 amide bonds. The van der Waals surface area contributed by atoms with E-state index in [1.807, 2.05) is 0 Å². The molecule has 2 N–H and O–H groups in total. The first-order chi connectivity index (χ1) is 14.5. The molecule has 4 rings (SSSR count). The third-order valence-electron chi connectivity index (χ3n) is 5.46. The average molecular weight is 417 g/mol. The number of esters is 1. The number of amides is 4. The normalized spacial score (nSPS) is 24.9. The standard InChI is InChI=1S/C20H23N3O7/c24-16(21-10-13-4-3-8-28-13)12-30-17(25)11-23-18(26)20(22-19(23)27)7-9-29-15-6-2-1-5-14(15)20/h1-2,5-6,13H,3-4,7-12H2,(H,21,24)(H,22,27)/t13-,20+/m0/s1. The van der Waals surface area contributed by atoms with Gasteiger partial charge < -0.3 is 24.8 Å². The molecule has 2 saturated heterocycles. The third kappa shape index (κ3) is 3.82. The average Bonchev–Trinajstić information content (AvgIpc) is 3.34. The van der Waals surface area contributed by atoms with Crippen LogP contribution in [0, 0.1) is 0 Å². The number of hydrogen-bond donors (Lipinski definition) is 2. The first-order valence-electron chi connectivity index (χ1n) is 9.90. The molecular weight excluding hydrogens is 394 g/mol. The summed E-state index contributed by atoms with van der Waals surface area (Å²) in [4.78, 5) is 50.3. The summed E-state index contributed by atoms with van der Waals surface area (Å²) in [6, 6.07) is 6.28. The highest BCUT2D eigenvalue weighted by Gasteiger charge is 2.55. The first-order valence-corrected chi connectivity index (χ1v) is 9.90. The maximum absolute atomic E-state index is 13.1. The molecular formula is C20H23N3O7. The van der Waals surface area contributed by atoms with Gasteiger partial charge in [0.05, 0.1) is 12.7 Å². The number of hydrogen-bond acceptors (Lipinski definition) is 7. The minimum Gasteiger partial charge on any atom is -0.493 e. The number of ether oxygens (including phenoxy) is 3. The van der Waals surface area contributed by atoms with E-state index in [1.54, 1.807) is 24.3 Å². The topological polar surface area (TPSA) is 123 Å². The van der Waals surface area contributed by atoms with Gasteiger partial charge in [0.15, 0.2) is 12.1 Å². The second kappa shape index (κ2) is 8.31. The van der Waals surface area contributed by atoms with E-state index in [0.717, 1.165) is 17.7 Å². The Morgan fingerprint density at radius 3 is 2.90 bits per heavy atom. The molecule has 0 aromatic heterocycles. The van der Waals surface area contributed by atoms with E-state index in [0.29, 0.717) is 24.5 Å². The number of urea groups is 1. The van der Waals surface area contributed by atoms with Crippen LogP contribution in [0.5, 0.6) is 5.75 Å². The van der Waals surface area contributed by atoms with Gasteiger partial charge in [-0.1, -0.05) is 18.2 Å². The summed E-state index contributed by atoms with van der Waals surface area (Å²) >= 11 is 0. The molecule has 30 heavy (non-hydrogen) atoms. The molecule has 160 valence electrons. The van der Waals surface area contributed by atoms with Crippen molar-refractivity contribution in [2.24, 2.45) is 0 Å². The van der Waals surface area contributed by atoms with Crippen molar-refractivity contribution in [3.8, 4) is 5.75 Å². The van der Waals surface area contributed by atoms with Gasteiger partial charge in [-0.15, -0.1) is 0 Å². The quantitative estimate of drug-likeness (QED) is 0.495. The highest BCUT2D eigenvalue weighted by Crippen LogP contribution is 2.40. The number of carbonyl (C=O) groups is 4. The fraction of sp³-hybridized carbons (Fsp3) is 0.500. The number of fused-ring (bicyclic) bond motifs is 2. The Kier molecular flexibility index (Phi) is 5.58. The van der Waals surface area contributed by atoms with Gasteiger partial charge in [-0.05, 0) is 18.9 Å². The lowest BCUT2D eigenvalue weighted by atomic mass is 9.84. The zero-order valence-electron chi connectivity index (χ0n) is 16.3. The van der Waals surface area contributed by atoms with Crippen LogP contribution < -0.4 is 15.4 Å². The lowest BCUT2D eigenvalue weighted by Crippen LogP contribution is -2.47. The number of nitrogens with zero attached hydrogens (tertiary/aromatic N) is 1. The van der Waals surface area contributed by atoms with E-state index in [9.17, 15) is 19.2 Å². The predicted octanol–water partition coefficient (Wildman–Crippen LogP) is 0.0546. The van der Waals surface area contributed by atoms with Crippen LogP contribution in [0.25, 0.3) is 0 Å². The summed E-state index contributed by atoms with van der Waals surface area (Å²) in [7, 11) is 0. The Hall–Kier alpha value is -3.14. The van der Waals surface area contributed by atoms with Crippen molar-refractivity contribution in [3.05, 3.63) is 29.8 Å². The van der Waals surface area contributed by atoms with Crippen LogP contribution in [0.3, 0.4) is 0 Å². The Labute approximate surface area is 172 Å². The molecule has 3 heterocycles. The fourth-order valence-corrected chi connectivity index (χ4v) is 3.92. The molecule has 0 saturated carbocycles. The zero-order chi connectivity index (χ0) is 21.1. The van der Waals surface area contributed by atoms with Crippen LogP contribution in [-0.4, -0.2) is 67.7 Å². The van der Waals surface area contributed by atoms with Crippen LogP contribution >= 0.6 is 0 Å². The van der Waals surface area contributed by atoms with Crippen LogP contribution in [-0.2, 0) is 29.4 Å². The van der Waals surface area contributed by atoms with Gasteiger partial charge in [-0.3, -0.25) is 19.3 Å². The molecule has 0 unspecified atom stereocenters. The minimum absolute atomic E-state index is 0.0193. The fourth-order valence-electron chi connectivity index (χ4n) is 3.92. The molecule has 2 fully saturated rings. The Balaban J connectivity index is 1.33. The van der Waals surface area contributed by atoms with Gasteiger partial charge in [0.25, 0.3) is 11.8 Å². The number of imide groups is 1. The maximum atomic E-state index is 13.1. The van der Waals surface area contributed by atoms with Crippen molar-refractivity contribution in [3.63, 3.8) is 0 Å². The minimum atomic E-state index is -1.26. The van der Waals surface area contributed by atoms with Gasteiger partial charge in [-0.2, -0.15) is 0 Å². The van der Waals surface area contributed by atoms with Gasteiger partial charge in [-0.25, -0.2) is 4.79 Å². The maximum Gasteiger partial charge on any atom is 0.326 e. The molecule has 3 aliphatic rings. The smallest absolute Gasteiger partial charge is 0.326 e. The van der Waals surface area contributed by atoms with E-state index in [1.165, 1.54) is 0 Å². The molecule has 1 aromatic rings. The Morgan fingerprint density at radius 1 is 1.27 bits per heavy atom. The SMILES string of the molecule is O=C(COC(=O)CN1C(=O)N[C@@]2(CCOc3ccccc32)C1=O)NC[C@@H]1CCCO1. The molecule has 0 radical (unpaired) electrons. The van der Waals surface area contributed by atoms with E-state index in [-0.39, 0.29) is 19.1 Å². The van der Waals surface area contributed by atoms with Crippen molar-refractivity contribution in [1.82, 2.24) is 15.5 Å². The second-order valence-electron chi connectivity index (χ2n) is 7.42. The summed E-state index contributed by atoms with van der Waals surface area (Å²) in [5, 5.41) is 5.34. The third-order valence-corrected chi connectivity index (χ3v) is 5.46. The van der Waals surface area contributed by atoms with Gasteiger partial charge in [0.1, 0.15) is 12.3 Å². The number of carbonyl (C=O) groups excluding carboxylic acids is 4. The number of para-hydroxylation sites is 1. The van der Waals surface area contributed by atoms with Crippen molar-refractivity contribution < 1.29 is 33.4 Å². The van der Waals surface area contributed by atoms with Crippen molar-refractivity contribution in [2.75, 3.05) is 32.9 Å². The molecule has 0 bridgehead atoms. The molecule has 3 aliphatic heterocycles. The van der Waals surface area contributed by atoms with E-state index in [4.69, 9.17) is 14.2 Å². The summed E-state index contributed by atoms with van der Waals surface area (Å²) < 4.78 is 15.9. The molecule has 2 atom stereocenters. The summed E-state index contributed by atoms with van der Waals surface area (Å²) in [5.74, 6) is -1.33. The van der Waals surface area contributed by atoms with Crippen LogP contribution in [0.2, 0.25) is 0 Å². The highest BCUT2D eigenvalue weighted by atomic mass is 16.5. The number of nitrogens with one attached hydrogen (secondary N) is 2. The van der Waals surface area contributed by atoms with E-state index < -0.39 is 42.5 Å². The molecule has 10 nitrogen and oxygen atoms in total. The lowest BCUT2D eigenvalue weighted by molar-refractivity contribution is -0.151. The Bertz CT molecular complexity index is 868. The zero-order valence-corrected chi connectivity index (χ0v) is 16.3. The number of rotatable bonds is 6. The van der Waals surface area contributed by atoms with Crippen LogP contribution in [0.1, 0.15) is 24.8 Å². The molecule has 10 heteroatoms. The predicted molar refractivity (Wildman–Crippen MR) is 101 cm³/mol. The van der Waals surface area contributed by atoms with Crippen molar-refractivity contribution in [1.29, 1.82) is 0 Å². The largest absolute Gasteiger partial charge is 0.493 e. The van der Waals surface area contributed by atoms with Gasteiger partial charge in [0.2, 0.25) is 0 Å². The van der Waals surface area contributed by atoms with E-state index >= 15 is 0 Å². The van der Waals surface area contributed by atoms with E-state index in [2.05, 4.69) is 10.6 Å². The summed E-state index contributed by atoms with van der Waals surface area (Å²) in [6.07, 6.45) is 2.07. The molecule has 1 aromatic carbocycles. The molecule has 1 spiro atoms. The molecule has 0 aliphatic carbocycles. The van der Waals surface area contributed by atoms with Crippen molar-refractivity contribution >= 4 is 23.8 Å². The summed E-state index contributed by atoms with van der Waals surface area (Å²) in [6.45, 7) is 0.227.